The number of hydrogen-bond donors (Lipinski definition) is 1. The number of benzene rings is 1. The summed E-state index contributed by atoms with van der Waals surface area (Å²) in [5, 5.41) is 7.60. The summed E-state index contributed by atoms with van der Waals surface area (Å²) in [7, 11) is 0. The van der Waals surface area contributed by atoms with Gasteiger partial charge in [0.2, 0.25) is 5.91 Å². The van der Waals surface area contributed by atoms with Gasteiger partial charge in [-0.2, -0.15) is 5.10 Å². The molecule has 2 heterocycles. The molecule has 0 atom stereocenters. The zero-order valence-corrected chi connectivity index (χ0v) is 14.9. The molecule has 0 saturated carbocycles. The largest absolute Gasteiger partial charge is 0.378 e. The van der Waals surface area contributed by atoms with Crippen LogP contribution in [0.4, 0.5) is 5.69 Å². The molecule has 25 heavy (non-hydrogen) atoms. The fraction of sp³-hybridized carbons (Fsp3) is 0.471. The Hall–Kier alpha value is -1.96. The normalized spacial score (nSPS) is 16.1. The van der Waals surface area contributed by atoms with E-state index in [4.69, 9.17) is 16.3 Å². The van der Waals surface area contributed by atoms with E-state index in [0.29, 0.717) is 23.4 Å². The fourth-order valence-electron chi connectivity index (χ4n) is 3.00. The molecule has 0 spiro atoms. The number of piperidine rings is 1. The molecule has 1 aliphatic heterocycles. The van der Waals surface area contributed by atoms with Gasteiger partial charge >= 0.3 is 0 Å². The number of carbonyl (C=O) groups excluding carboxylic acids is 1. The second-order valence-corrected chi connectivity index (χ2v) is 6.42. The summed E-state index contributed by atoms with van der Waals surface area (Å²) in [6, 6.07) is 5.28. The van der Waals surface area contributed by atoms with Crippen LogP contribution in [0.15, 0.2) is 30.9 Å². The molecule has 1 N–H and O–H groups in total. The number of nitrogens with zero attached hydrogens (tertiary/aromatic N) is 4. The Morgan fingerprint density at radius 2 is 2.20 bits per heavy atom. The number of aromatic nitrogens is 3. The van der Waals surface area contributed by atoms with Crippen molar-refractivity contribution in [3.05, 3.63) is 35.9 Å². The number of hydrogen-bond acceptors (Lipinski definition) is 5. The molecule has 0 unspecified atom stereocenters. The Morgan fingerprint density at radius 3 is 2.88 bits per heavy atom. The van der Waals surface area contributed by atoms with E-state index in [1.165, 1.54) is 6.33 Å². The minimum absolute atomic E-state index is 0.0708. The van der Waals surface area contributed by atoms with Crippen LogP contribution in [0.2, 0.25) is 5.02 Å². The van der Waals surface area contributed by atoms with Gasteiger partial charge in [0.15, 0.2) is 0 Å². The molecule has 1 saturated heterocycles. The maximum atomic E-state index is 12.4. The highest BCUT2D eigenvalue weighted by atomic mass is 35.5. The van der Waals surface area contributed by atoms with Crippen LogP contribution in [0.25, 0.3) is 5.69 Å². The molecule has 8 heteroatoms. The number of rotatable bonds is 6. The van der Waals surface area contributed by atoms with Crippen molar-refractivity contribution < 1.29 is 9.53 Å². The molecule has 0 aliphatic carbocycles. The standard InChI is InChI=1S/C17H22ClN5O2/c1-2-25-14-5-7-22(8-6-14)10-17(24)21-15-9-13(18)3-4-16(15)23-12-19-11-20-23/h3-4,9,11-12,14H,2,5-8,10H2,1H3,(H,21,24). The van der Waals surface area contributed by atoms with Gasteiger partial charge < -0.3 is 10.1 Å². The van der Waals surface area contributed by atoms with Crippen LogP contribution in [0.5, 0.6) is 0 Å². The summed E-state index contributed by atoms with van der Waals surface area (Å²) < 4.78 is 7.24. The predicted octanol–water partition coefficient (Wildman–Crippen LogP) is 2.36. The van der Waals surface area contributed by atoms with E-state index in [1.807, 2.05) is 6.92 Å². The topological polar surface area (TPSA) is 72.3 Å². The molecule has 3 rings (SSSR count). The Labute approximate surface area is 151 Å². The van der Waals surface area contributed by atoms with Crippen molar-refractivity contribution >= 4 is 23.2 Å². The monoisotopic (exact) mass is 363 g/mol. The highest BCUT2D eigenvalue weighted by molar-refractivity contribution is 6.31. The van der Waals surface area contributed by atoms with Gasteiger partial charge in [-0.05, 0) is 38.0 Å². The van der Waals surface area contributed by atoms with Gasteiger partial charge in [0.05, 0.1) is 24.0 Å². The van der Waals surface area contributed by atoms with E-state index in [-0.39, 0.29) is 5.91 Å². The number of nitrogens with one attached hydrogen (secondary N) is 1. The number of carbonyl (C=O) groups is 1. The van der Waals surface area contributed by atoms with E-state index < -0.39 is 0 Å². The average Bonchev–Trinajstić information content (AvgIpc) is 3.11. The van der Waals surface area contributed by atoms with Gasteiger partial charge in [0, 0.05) is 24.7 Å². The Bertz CT molecular complexity index is 699. The maximum Gasteiger partial charge on any atom is 0.238 e. The molecule has 134 valence electrons. The number of likely N-dealkylation sites (tertiary alicyclic amines) is 1. The van der Waals surface area contributed by atoms with Crippen LogP contribution < -0.4 is 5.32 Å². The first-order valence-electron chi connectivity index (χ1n) is 8.44. The Balaban J connectivity index is 1.61. The van der Waals surface area contributed by atoms with E-state index in [1.54, 1.807) is 29.2 Å². The van der Waals surface area contributed by atoms with Crippen LogP contribution in [0.1, 0.15) is 19.8 Å². The lowest BCUT2D eigenvalue weighted by Gasteiger charge is -2.31. The highest BCUT2D eigenvalue weighted by Crippen LogP contribution is 2.24. The lowest BCUT2D eigenvalue weighted by Crippen LogP contribution is -2.41. The number of amides is 1. The molecular formula is C17H22ClN5O2. The van der Waals surface area contributed by atoms with Crippen LogP contribution in [0, 0.1) is 0 Å². The van der Waals surface area contributed by atoms with Crippen molar-refractivity contribution in [2.45, 2.75) is 25.9 Å². The molecule has 1 fully saturated rings. The zero-order valence-electron chi connectivity index (χ0n) is 14.2. The summed E-state index contributed by atoms with van der Waals surface area (Å²) in [6.07, 6.45) is 5.27. The Kier molecular flexibility index (Phi) is 6.01. The highest BCUT2D eigenvalue weighted by Gasteiger charge is 2.21. The second kappa shape index (κ2) is 8.42. The minimum atomic E-state index is -0.0708. The van der Waals surface area contributed by atoms with Gasteiger partial charge in [0.25, 0.3) is 0 Å². The first kappa shape index (κ1) is 17.8. The first-order valence-corrected chi connectivity index (χ1v) is 8.82. The van der Waals surface area contributed by atoms with E-state index in [0.717, 1.165) is 38.2 Å². The van der Waals surface area contributed by atoms with Gasteiger partial charge in [-0.1, -0.05) is 11.6 Å². The van der Waals surface area contributed by atoms with E-state index in [2.05, 4.69) is 20.3 Å². The zero-order chi connectivity index (χ0) is 17.6. The van der Waals surface area contributed by atoms with Crippen molar-refractivity contribution in [1.82, 2.24) is 19.7 Å². The third-order valence-electron chi connectivity index (χ3n) is 4.20. The minimum Gasteiger partial charge on any atom is -0.378 e. The lowest BCUT2D eigenvalue weighted by molar-refractivity contribution is -0.118. The maximum absolute atomic E-state index is 12.4. The molecular weight excluding hydrogens is 342 g/mol. The summed E-state index contributed by atoms with van der Waals surface area (Å²) >= 11 is 6.08. The Morgan fingerprint density at radius 1 is 1.40 bits per heavy atom. The van der Waals surface area contributed by atoms with Crippen LogP contribution >= 0.6 is 11.6 Å². The lowest BCUT2D eigenvalue weighted by atomic mass is 10.1. The summed E-state index contributed by atoms with van der Waals surface area (Å²) in [5.74, 6) is -0.0708. The third kappa shape index (κ3) is 4.78. The van der Waals surface area contributed by atoms with Gasteiger partial charge in [-0.3, -0.25) is 9.69 Å². The molecule has 7 nitrogen and oxygen atoms in total. The average molecular weight is 364 g/mol. The van der Waals surface area contributed by atoms with Gasteiger partial charge in [-0.15, -0.1) is 0 Å². The predicted molar refractivity (Wildman–Crippen MR) is 96.1 cm³/mol. The SMILES string of the molecule is CCOC1CCN(CC(=O)Nc2cc(Cl)ccc2-n2cncn2)CC1. The number of anilines is 1. The van der Waals surface area contributed by atoms with Crippen molar-refractivity contribution in [2.24, 2.45) is 0 Å². The number of halogens is 1. The molecule has 0 bridgehead atoms. The summed E-state index contributed by atoms with van der Waals surface area (Å²) in [4.78, 5) is 18.5. The van der Waals surface area contributed by atoms with Crippen LogP contribution in [-0.2, 0) is 9.53 Å². The van der Waals surface area contributed by atoms with Crippen molar-refractivity contribution in [2.75, 3.05) is 31.6 Å². The van der Waals surface area contributed by atoms with Crippen molar-refractivity contribution in [3.63, 3.8) is 0 Å². The summed E-state index contributed by atoms with van der Waals surface area (Å²) in [5.41, 5.74) is 1.34. The second-order valence-electron chi connectivity index (χ2n) is 5.98. The van der Waals surface area contributed by atoms with Gasteiger partial charge in [-0.25, -0.2) is 9.67 Å². The number of ether oxygens (including phenoxy) is 1. The smallest absolute Gasteiger partial charge is 0.238 e. The summed E-state index contributed by atoms with van der Waals surface area (Å²) in [6.45, 7) is 4.83. The van der Waals surface area contributed by atoms with E-state index in [9.17, 15) is 4.79 Å². The van der Waals surface area contributed by atoms with Gasteiger partial charge in [0.1, 0.15) is 12.7 Å². The van der Waals surface area contributed by atoms with Crippen molar-refractivity contribution in [1.29, 1.82) is 0 Å². The molecule has 1 aromatic carbocycles. The van der Waals surface area contributed by atoms with Crippen LogP contribution in [-0.4, -0.2) is 57.9 Å². The quantitative estimate of drug-likeness (QED) is 0.853. The van der Waals surface area contributed by atoms with Crippen LogP contribution in [0.3, 0.4) is 0 Å². The molecule has 2 aromatic rings. The molecule has 1 aliphatic rings. The van der Waals surface area contributed by atoms with Crippen molar-refractivity contribution in [3.8, 4) is 5.69 Å². The first-order chi connectivity index (χ1) is 12.2. The fourth-order valence-corrected chi connectivity index (χ4v) is 3.18. The molecule has 0 radical (unpaired) electrons. The third-order valence-corrected chi connectivity index (χ3v) is 4.44. The molecule has 1 aromatic heterocycles. The van der Waals surface area contributed by atoms with E-state index >= 15 is 0 Å². The molecule has 1 amide bonds.